The average Bonchev–Trinajstić information content (AvgIpc) is 2.25. The molecule has 0 radical (unpaired) electrons. The highest BCUT2D eigenvalue weighted by Gasteiger charge is 2.43. The van der Waals surface area contributed by atoms with Gasteiger partial charge >= 0.3 is 0 Å². The summed E-state index contributed by atoms with van der Waals surface area (Å²) in [5.41, 5.74) is 0.390. The third-order valence-corrected chi connectivity index (χ3v) is 4.52. The maximum atomic E-state index is 12.0. The van der Waals surface area contributed by atoms with Crippen molar-refractivity contribution >= 4 is 5.91 Å². The normalized spacial score (nSPS) is 26.6. The quantitative estimate of drug-likeness (QED) is 0.645. The third kappa shape index (κ3) is 2.65. The van der Waals surface area contributed by atoms with E-state index >= 15 is 0 Å². The van der Waals surface area contributed by atoms with Crippen LogP contribution in [-0.2, 0) is 4.79 Å². The first-order chi connectivity index (χ1) is 7.82. The fraction of sp³-hybridized carbons (Fsp3) is 0.929. The number of carbonyl (C=O) groups excluding carboxylic acids is 1. The van der Waals surface area contributed by atoms with E-state index in [1.54, 1.807) is 0 Å². The van der Waals surface area contributed by atoms with Crippen LogP contribution >= 0.6 is 0 Å². The van der Waals surface area contributed by atoms with Crippen molar-refractivity contribution < 1.29 is 4.79 Å². The highest BCUT2D eigenvalue weighted by Crippen LogP contribution is 2.41. The van der Waals surface area contributed by atoms with Crippen molar-refractivity contribution in [3.8, 4) is 0 Å². The van der Waals surface area contributed by atoms with Crippen LogP contribution < -0.4 is 0 Å². The molecular formula is C14H26N2O. The first-order valence-corrected chi connectivity index (χ1v) is 6.82. The summed E-state index contributed by atoms with van der Waals surface area (Å²) in [6.45, 7) is 9.80. The molecule has 0 aliphatic carbocycles. The molecule has 2 aliphatic rings. The molecule has 1 amide bonds. The lowest BCUT2D eigenvalue weighted by Crippen LogP contribution is -2.56. The second-order valence-corrected chi connectivity index (χ2v) is 6.95. The van der Waals surface area contributed by atoms with E-state index in [1.165, 1.54) is 25.9 Å². The van der Waals surface area contributed by atoms with E-state index in [4.69, 9.17) is 0 Å². The van der Waals surface area contributed by atoms with E-state index < -0.39 is 0 Å². The first-order valence-electron chi connectivity index (χ1n) is 6.82. The van der Waals surface area contributed by atoms with Gasteiger partial charge in [-0.2, -0.15) is 0 Å². The van der Waals surface area contributed by atoms with Crippen molar-refractivity contribution in [3.63, 3.8) is 0 Å². The summed E-state index contributed by atoms with van der Waals surface area (Å²) in [5, 5.41) is 0. The molecule has 2 fully saturated rings. The number of carbonyl (C=O) groups is 1. The molecule has 3 nitrogen and oxygen atoms in total. The van der Waals surface area contributed by atoms with Gasteiger partial charge in [-0.1, -0.05) is 0 Å². The Morgan fingerprint density at radius 3 is 2.24 bits per heavy atom. The van der Waals surface area contributed by atoms with Gasteiger partial charge in [-0.05, 0) is 65.6 Å². The van der Waals surface area contributed by atoms with Crippen molar-refractivity contribution in [2.24, 2.45) is 5.41 Å². The molecule has 98 valence electrons. The van der Waals surface area contributed by atoms with Crippen LogP contribution in [0.2, 0.25) is 0 Å². The van der Waals surface area contributed by atoms with Crippen molar-refractivity contribution in [2.75, 3.05) is 26.7 Å². The maximum Gasteiger partial charge on any atom is 0.223 e. The van der Waals surface area contributed by atoms with E-state index in [2.05, 4.69) is 37.6 Å². The molecule has 1 spiro atoms. The van der Waals surface area contributed by atoms with Crippen molar-refractivity contribution in [2.45, 2.75) is 52.0 Å². The fourth-order valence-electron chi connectivity index (χ4n) is 3.12. The molecule has 0 unspecified atom stereocenters. The number of hydrogen-bond acceptors (Lipinski definition) is 2. The predicted molar refractivity (Wildman–Crippen MR) is 69.9 cm³/mol. The number of rotatable bonds is 0. The second-order valence-electron chi connectivity index (χ2n) is 6.95. The number of likely N-dealkylation sites (tertiary alicyclic amines) is 2. The minimum Gasteiger partial charge on any atom is -0.337 e. The fourth-order valence-corrected chi connectivity index (χ4v) is 3.12. The molecule has 0 aromatic carbocycles. The van der Waals surface area contributed by atoms with Gasteiger partial charge in [0.25, 0.3) is 0 Å². The topological polar surface area (TPSA) is 23.6 Å². The Morgan fingerprint density at radius 1 is 1.12 bits per heavy atom. The molecule has 0 aromatic heterocycles. The van der Waals surface area contributed by atoms with Crippen LogP contribution in [-0.4, -0.2) is 47.9 Å². The monoisotopic (exact) mass is 238 g/mol. The van der Waals surface area contributed by atoms with Crippen LogP contribution in [0.3, 0.4) is 0 Å². The van der Waals surface area contributed by atoms with Crippen LogP contribution in [0.4, 0.5) is 0 Å². The van der Waals surface area contributed by atoms with Crippen LogP contribution in [0, 0.1) is 5.41 Å². The highest BCUT2D eigenvalue weighted by molar-refractivity contribution is 5.78. The molecule has 0 atom stereocenters. The zero-order valence-corrected chi connectivity index (χ0v) is 11.8. The van der Waals surface area contributed by atoms with Crippen molar-refractivity contribution in [3.05, 3.63) is 0 Å². The Morgan fingerprint density at radius 2 is 1.71 bits per heavy atom. The highest BCUT2D eigenvalue weighted by atomic mass is 16.2. The van der Waals surface area contributed by atoms with Gasteiger partial charge in [-0.25, -0.2) is 0 Å². The van der Waals surface area contributed by atoms with Gasteiger partial charge in [0.15, 0.2) is 0 Å². The third-order valence-electron chi connectivity index (χ3n) is 4.52. The van der Waals surface area contributed by atoms with Gasteiger partial charge in [0.1, 0.15) is 0 Å². The maximum absolute atomic E-state index is 12.0. The Labute approximate surface area is 105 Å². The molecule has 3 heteroatoms. The van der Waals surface area contributed by atoms with Gasteiger partial charge in [-0.15, -0.1) is 0 Å². The lowest BCUT2D eigenvalue weighted by Gasteiger charge is -2.50. The van der Waals surface area contributed by atoms with E-state index in [-0.39, 0.29) is 5.54 Å². The van der Waals surface area contributed by atoms with Gasteiger partial charge in [-0.3, -0.25) is 4.79 Å². The number of piperidine rings is 2. The SMILES string of the molecule is CN1CCC2(CCC(=O)N(C(C)(C)C)C2)CC1. The number of hydrogen-bond donors (Lipinski definition) is 0. The summed E-state index contributed by atoms with van der Waals surface area (Å²) >= 11 is 0. The molecule has 2 rings (SSSR count). The molecule has 17 heavy (non-hydrogen) atoms. The van der Waals surface area contributed by atoms with Crippen LogP contribution in [0.15, 0.2) is 0 Å². The first kappa shape index (κ1) is 12.9. The van der Waals surface area contributed by atoms with Crippen molar-refractivity contribution in [1.29, 1.82) is 0 Å². The second kappa shape index (κ2) is 4.27. The number of nitrogens with zero attached hydrogens (tertiary/aromatic N) is 2. The Balaban J connectivity index is 2.10. The Bertz CT molecular complexity index is 298. The molecule has 2 aliphatic heterocycles. The molecule has 0 N–H and O–H groups in total. The molecular weight excluding hydrogens is 212 g/mol. The largest absolute Gasteiger partial charge is 0.337 e. The smallest absolute Gasteiger partial charge is 0.223 e. The van der Waals surface area contributed by atoms with Gasteiger partial charge in [0, 0.05) is 18.5 Å². The standard InChI is InChI=1S/C14H26N2O/c1-13(2,3)16-11-14(6-5-12(16)17)7-9-15(4)10-8-14/h5-11H2,1-4H3. The summed E-state index contributed by atoms with van der Waals surface area (Å²) in [6, 6.07) is 0. The molecule has 0 saturated carbocycles. The Hall–Kier alpha value is -0.570. The van der Waals surface area contributed by atoms with Gasteiger partial charge in [0.2, 0.25) is 5.91 Å². The summed E-state index contributed by atoms with van der Waals surface area (Å²) in [5.74, 6) is 0.349. The summed E-state index contributed by atoms with van der Waals surface area (Å²) in [4.78, 5) is 16.6. The molecule has 0 aromatic rings. The summed E-state index contributed by atoms with van der Waals surface area (Å²) < 4.78 is 0. The van der Waals surface area contributed by atoms with E-state index in [0.717, 1.165) is 19.4 Å². The predicted octanol–water partition coefficient (Wildman–Crippen LogP) is 2.12. The minimum absolute atomic E-state index is 0.0200. The minimum atomic E-state index is -0.0200. The molecule has 2 heterocycles. The molecule has 2 saturated heterocycles. The van der Waals surface area contributed by atoms with Crippen LogP contribution in [0.1, 0.15) is 46.5 Å². The van der Waals surface area contributed by atoms with E-state index in [1.807, 2.05) is 0 Å². The van der Waals surface area contributed by atoms with Crippen molar-refractivity contribution in [1.82, 2.24) is 9.80 Å². The van der Waals surface area contributed by atoms with Gasteiger partial charge in [0.05, 0.1) is 0 Å². The van der Waals surface area contributed by atoms with E-state index in [9.17, 15) is 4.79 Å². The number of amides is 1. The lowest BCUT2D eigenvalue weighted by molar-refractivity contribution is -0.145. The summed E-state index contributed by atoms with van der Waals surface area (Å²) in [6.07, 6.45) is 4.36. The summed E-state index contributed by atoms with van der Waals surface area (Å²) in [7, 11) is 2.20. The lowest BCUT2D eigenvalue weighted by atomic mass is 9.71. The van der Waals surface area contributed by atoms with Crippen LogP contribution in [0.5, 0.6) is 0 Å². The zero-order valence-electron chi connectivity index (χ0n) is 11.8. The average molecular weight is 238 g/mol. The van der Waals surface area contributed by atoms with E-state index in [0.29, 0.717) is 11.3 Å². The Kier molecular flexibility index (Phi) is 3.23. The molecule has 0 bridgehead atoms. The zero-order chi connectivity index (χ0) is 12.7. The van der Waals surface area contributed by atoms with Gasteiger partial charge < -0.3 is 9.80 Å². The van der Waals surface area contributed by atoms with Crippen LogP contribution in [0.25, 0.3) is 0 Å².